The summed E-state index contributed by atoms with van der Waals surface area (Å²) in [7, 11) is 1.16. The Hall–Kier alpha value is -2.31. The second-order valence-electron chi connectivity index (χ2n) is 3.36. The molecule has 1 aromatic rings. The lowest BCUT2D eigenvalue weighted by molar-refractivity contribution is -0.274. The number of hydrogen-bond donors (Lipinski definition) is 0. The molecule has 7 heteroatoms. The largest absolute Gasteiger partial charge is 0.573 e. The summed E-state index contributed by atoms with van der Waals surface area (Å²) in [4.78, 5) is 21.5. The van der Waals surface area contributed by atoms with E-state index in [4.69, 9.17) is 0 Å². The average molecular weight is 274 g/mol. The molecule has 1 rings (SSSR count). The number of carbonyl (C=O) groups is 2. The first kappa shape index (κ1) is 14.7. The van der Waals surface area contributed by atoms with Gasteiger partial charge in [-0.1, -0.05) is 0 Å². The molecule has 0 aromatic heterocycles. The van der Waals surface area contributed by atoms with Crippen LogP contribution < -0.4 is 4.74 Å². The number of alkyl halides is 3. The van der Waals surface area contributed by atoms with Gasteiger partial charge in [0.2, 0.25) is 0 Å². The Balaban J connectivity index is 3.05. The molecule has 0 bridgehead atoms. The zero-order chi connectivity index (χ0) is 14.5. The molecular weight excluding hydrogens is 265 g/mol. The van der Waals surface area contributed by atoms with Crippen LogP contribution >= 0.6 is 0 Å². The number of benzene rings is 1. The summed E-state index contributed by atoms with van der Waals surface area (Å²) < 4.78 is 44.3. The zero-order valence-electron chi connectivity index (χ0n) is 9.73. The van der Waals surface area contributed by atoms with Gasteiger partial charge in [-0.05, 0) is 29.8 Å². The van der Waals surface area contributed by atoms with Crippen LogP contribution in [0.4, 0.5) is 13.2 Å². The van der Waals surface area contributed by atoms with Gasteiger partial charge in [0.15, 0.2) is 0 Å². The minimum atomic E-state index is -4.86. The number of carbonyl (C=O) groups excluding carboxylic acids is 2. The first-order valence-corrected chi connectivity index (χ1v) is 4.96. The fraction of sp³-hybridized carbons (Fsp3) is 0.167. The third-order valence-corrected chi connectivity index (χ3v) is 1.93. The van der Waals surface area contributed by atoms with E-state index in [1.165, 1.54) is 12.1 Å². The number of rotatable bonds is 4. The third-order valence-electron chi connectivity index (χ3n) is 1.93. The molecule has 102 valence electrons. The van der Waals surface area contributed by atoms with Gasteiger partial charge in [0.1, 0.15) is 12.0 Å². The number of methoxy groups -OCH3 is 1. The molecule has 0 spiro atoms. The standard InChI is InChI=1S/C12H9F3O4/c1-18-11(17)3-2-8-4-9(7-16)6-10(5-8)19-12(13,14)15/h2-7H,1H3. The van der Waals surface area contributed by atoms with E-state index in [2.05, 4.69) is 9.47 Å². The molecule has 0 heterocycles. The molecule has 19 heavy (non-hydrogen) atoms. The first-order valence-electron chi connectivity index (χ1n) is 4.96. The van der Waals surface area contributed by atoms with Crippen molar-refractivity contribution in [1.82, 2.24) is 0 Å². The van der Waals surface area contributed by atoms with Gasteiger partial charge in [0.05, 0.1) is 7.11 Å². The molecule has 0 fully saturated rings. The lowest BCUT2D eigenvalue weighted by Crippen LogP contribution is -2.17. The highest BCUT2D eigenvalue weighted by Gasteiger charge is 2.31. The predicted octanol–water partition coefficient (Wildman–Crippen LogP) is 2.58. The van der Waals surface area contributed by atoms with Crippen LogP contribution in [0.5, 0.6) is 5.75 Å². The van der Waals surface area contributed by atoms with Crippen molar-refractivity contribution in [3.8, 4) is 5.75 Å². The van der Waals surface area contributed by atoms with Gasteiger partial charge in [0, 0.05) is 11.6 Å². The van der Waals surface area contributed by atoms with Crippen LogP contribution in [-0.4, -0.2) is 25.7 Å². The summed E-state index contributed by atoms with van der Waals surface area (Å²) in [5, 5.41) is 0. The van der Waals surface area contributed by atoms with E-state index < -0.39 is 18.1 Å². The van der Waals surface area contributed by atoms with Crippen molar-refractivity contribution in [2.45, 2.75) is 6.36 Å². The normalized spacial score (nSPS) is 11.4. The molecule has 0 aliphatic heterocycles. The van der Waals surface area contributed by atoms with Gasteiger partial charge in [-0.3, -0.25) is 4.79 Å². The van der Waals surface area contributed by atoms with Gasteiger partial charge >= 0.3 is 12.3 Å². The molecule has 1 aromatic carbocycles. The molecule has 0 saturated carbocycles. The molecule has 0 N–H and O–H groups in total. The van der Waals surface area contributed by atoms with E-state index in [1.807, 2.05) is 0 Å². The van der Waals surface area contributed by atoms with Crippen molar-refractivity contribution >= 4 is 18.3 Å². The molecule has 0 atom stereocenters. The highest BCUT2D eigenvalue weighted by molar-refractivity contribution is 5.87. The molecule has 0 aliphatic rings. The first-order chi connectivity index (χ1) is 8.84. The third kappa shape index (κ3) is 5.24. The highest BCUT2D eigenvalue weighted by atomic mass is 19.4. The quantitative estimate of drug-likeness (QED) is 0.481. The van der Waals surface area contributed by atoms with Crippen molar-refractivity contribution in [1.29, 1.82) is 0 Å². The Kier molecular flexibility index (Phi) is 4.68. The lowest BCUT2D eigenvalue weighted by Gasteiger charge is -2.09. The van der Waals surface area contributed by atoms with E-state index in [9.17, 15) is 22.8 Å². The van der Waals surface area contributed by atoms with Gasteiger partial charge in [-0.15, -0.1) is 13.2 Å². The molecular formula is C12H9F3O4. The van der Waals surface area contributed by atoms with Crippen LogP contribution in [0.3, 0.4) is 0 Å². The molecule has 0 radical (unpaired) electrons. The Morgan fingerprint density at radius 2 is 1.84 bits per heavy atom. The molecule has 0 saturated heterocycles. The maximum absolute atomic E-state index is 12.1. The van der Waals surface area contributed by atoms with E-state index in [0.29, 0.717) is 6.29 Å². The van der Waals surface area contributed by atoms with E-state index in [-0.39, 0.29) is 11.1 Å². The number of ether oxygens (including phenoxy) is 2. The number of aldehydes is 1. The Bertz CT molecular complexity index is 506. The molecule has 0 amide bonds. The van der Waals surface area contributed by atoms with Gasteiger partial charge in [-0.25, -0.2) is 4.79 Å². The second-order valence-corrected chi connectivity index (χ2v) is 3.36. The number of hydrogen-bond acceptors (Lipinski definition) is 4. The summed E-state index contributed by atoms with van der Waals surface area (Å²) in [6.45, 7) is 0. The maximum Gasteiger partial charge on any atom is 0.573 e. The summed E-state index contributed by atoms with van der Waals surface area (Å²) >= 11 is 0. The molecule has 0 aliphatic carbocycles. The molecule has 4 nitrogen and oxygen atoms in total. The highest BCUT2D eigenvalue weighted by Crippen LogP contribution is 2.25. The maximum atomic E-state index is 12.1. The van der Waals surface area contributed by atoms with Crippen LogP contribution in [0.25, 0.3) is 6.08 Å². The lowest BCUT2D eigenvalue weighted by atomic mass is 10.1. The van der Waals surface area contributed by atoms with Gasteiger partial charge < -0.3 is 9.47 Å². The number of esters is 1. The fourth-order valence-electron chi connectivity index (χ4n) is 1.24. The van der Waals surface area contributed by atoms with E-state index in [0.717, 1.165) is 25.3 Å². The Morgan fingerprint density at radius 3 is 2.37 bits per heavy atom. The summed E-state index contributed by atoms with van der Waals surface area (Å²) in [6.07, 6.45) is -2.26. The van der Waals surface area contributed by atoms with Crippen LogP contribution in [-0.2, 0) is 9.53 Å². The van der Waals surface area contributed by atoms with Gasteiger partial charge in [0.25, 0.3) is 0 Å². The second kappa shape index (κ2) is 6.03. The van der Waals surface area contributed by atoms with Crippen molar-refractivity contribution < 1.29 is 32.2 Å². The fourth-order valence-corrected chi connectivity index (χ4v) is 1.24. The summed E-state index contributed by atoms with van der Waals surface area (Å²) in [6, 6.07) is 3.28. The Morgan fingerprint density at radius 1 is 1.21 bits per heavy atom. The Labute approximate surface area is 106 Å². The SMILES string of the molecule is COC(=O)C=Cc1cc(C=O)cc(OC(F)(F)F)c1. The van der Waals surface area contributed by atoms with Gasteiger partial charge in [-0.2, -0.15) is 0 Å². The minimum Gasteiger partial charge on any atom is -0.466 e. The van der Waals surface area contributed by atoms with Crippen LogP contribution in [0.15, 0.2) is 24.3 Å². The minimum absolute atomic E-state index is 0.00809. The number of halogens is 3. The van der Waals surface area contributed by atoms with Crippen LogP contribution in [0.1, 0.15) is 15.9 Å². The van der Waals surface area contributed by atoms with Crippen molar-refractivity contribution in [3.05, 3.63) is 35.4 Å². The monoisotopic (exact) mass is 274 g/mol. The van der Waals surface area contributed by atoms with Crippen molar-refractivity contribution in [3.63, 3.8) is 0 Å². The van der Waals surface area contributed by atoms with E-state index in [1.54, 1.807) is 0 Å². The van der Waals surface area contributed by atoms with Crippen molar-refractivity contribution in [2.24, 2.45) is 0 Å². The van der Waals surface area contributed by atoms with Crippen LogP contribution in [0, 0.1) is 0 Å². The van der Waals surface area contributed by atoms with Crippen LogP contribution in [0.2, 0.25) is 0 Å². The molecule has 0 unspecified atom stereocenters. The smallest absolute Gasteiger partial charge is 0.466 e. The predicted molar refractivity (Wildman–Crippen MR) is 59.6 cm³/mol. The summed E-state index contributed by atoms with van der Waals surface area (Å²) in [5.41, 5.74) is 0.195. The topological polar surface area (TPSA) is 52.6 Å². The van der Waals surface area contributed by atoms with Crippen molar-refractivity contribution in [2.75, 3.05) is 7.11 Å². The zero-order valence-corrected chi connectivity index (χ0v) is 9.73. The van der Waals surface area contributed by atoms with E-state index >= 15 is 0 Å². The summed E-state index contributed by atoms with van der Waals surface area (Å²) in [5.74, 6) is -1.21. The average Bonchev–Trinajstić information content (AvgIpc) is 2.33.